The fourth-order valence-electron chi connectivity index (χ4n) is 2.97. The summed E-state index contributed by atoms with van der Waals surface area (Å²) in [6.45, 7) is 0.730. The number of aryl methyl sites for hydroxylation is 1. The minimum Gasteiger partial charge on any atom is -0.345 e. The minimum atomic E-state index is -3.61. The molecule has 0 aliphatic carbocycles. The maximum Gasteiger partial charge on any atom is 0.268 e. The van der Waals surface area contributed by atoms with E-state index in [1.165, 1.54) is 21.1 Å². The molecule has 1 fully saturated rings. The van der Waals surface area contributed by atoms with Crippen LogP contribution in [0.3, 0.4) is 0 Å². The molecule has 150 valence electrons. The lowest BCUT2D eigenvalue weighted by atomic mass is 10.3. The topological polar surface area (TPSA) is 101 Å². The van der Waals surface area contributed by atoms with Crippen LogP contribution in [-0.2, 0) is 21.9 Å². The number of carbonyl (C=O) groups excluding carboxylic acids is 2. The molecule has 0 bridgehead atoms. The average Bonchev–Trinajstić information content (AvgIpc) is 3.32. The molecular formula is C18H21ClN4O4S. The highest BCUT2D eigenvalue weighted by atomic mass is 35.5. The first-order valence-corrected chi connectivity index (χ1v) is 10.6. The molecule has 0 saturated carbocycles. The lowest BCUT2D eigenvalue weighted by Gasteiger charge is -2.13. The highest BCUT2D eigenvalue weighted by molar-refractivity contribution is 7.89. The van der Waals surface area contributed by atoms with E-state index in [0.29, 0.717) is 23.8 Å². The Hall–Kier alpha value is -2.36. The molecule has 8 nitrogen and oxygen atoms in total. The second-order valence-electron chi connectivity index (χ2n) is 6.52. The van der Waals surface area contributed by atoms with Crippen molar-refractivity contribution in [3.05, 3.63) is 47.2 Å². The van der Waals surface area contributed by atoms with E-state index in [9.17, 15) is 18.0 Å². The van der Waals surface area contributed by atoms with Gasteiger partial charge >= 0.3 is 0 Å². The quantitative estimate of drug-likeness (QED) is 0.738. The summed E-state index contributed by atoms with van der Waals surface area (Å²) >= 11 is 5.79. The molecule has 10 heteroatoms. The van der Waals surface area contributed by atoms with Crippen molar-refractivity contribution < 1.29 is 18.0 Å². The van der Waals surface area contributed by atoms with E-state index in [1.54, 1.807) is 31.3 Å². The molecule has 28 heavy (non-hydrogen) atoms. The Balaban J connectivity index is 1.62. The molecule has 3 rings (SSSR count). The summed E-state index contributed by atoms with van der Waals surface area (Å²) in [4.78, 5) is 24.5. The van der Waals surface area contributed by atoms with Gasteiger partial charge in [-0.05, 0) is 43.2 Å². The van der Waals surface area contributed by atoms with E-state index in [-0.39, 0.29) is 17.1 Å². The molecule has 0 spiro atoms. The molecule has 0 radical (unpaired) electrons. The molecule has 1 aromatic heterocycles. The first kappa shape index (κ1) is 20.4. The lowest BCUT2D eigenvalue weighted by molar-refractivity contribution is -0.115. The van der Waals surface area contributed by atoms with Gasteiger partial charge in [0.15, 0.2) is 0 Å². The van der Waals surface area contributed by atoms with Crippen molar-refractivity contribution >= 4 is 39.1 Å². The third-order valence-corrected chi connectivity index (χ3v) is 6.57. The van der Waals surface area contributed by atoms with Crippen LogP contribution in [0, 0.1) is 0 Å². The number of rotatable bonds is 6. The van der Waals surface area contributed by atoms with Crippen LogP contribution in [0.4, 0.5) is 5.69 Å². The highest BCUT2D eigenvalue weighted by Gasteiger charge is 2.29. The van der Waals surface area contributed by atoms with Crippen LogP contribution >= 0.6 is 11.6 Å². The van der Waals surface area contributed by atoms with Gasteiger partial charge in [0.2, 0.25) is 15.9 Å². The van der Waals surface area contributed by atoms with E-state index in [1.807, 2.05) is 0 Å². The Morgan fingerprint density at radius 3 is 2.43 bits per heavy atom. The van der Waals surface area contributed by atoms with Gasteiger partial charge in [-0.25, -0.2) is 8.42 Å². The Bertz CT molecular complexity index is 980. The molecule has 0 unspecified atom stereocenters. The van der Waals surface area contributed by atoms with Gasteiger partial charge in [0, 0.05) is 37.0 Å². The van der Waals surface area contributed by atoms with Crippen molar-refractivity contribution in [2.45, 2.75) is 17.7 Å². The largest absolute Gasteiger partial charge is 0.345 e. The number of hydrogen-bond acceptors (Lipinski definition) is 4. The van der Waals surface area contributed by atoms with Crippen molar-refractivity contribution in [2.75, 3.05) is 25.0 Å². The van der Waals surface area contributed by atoms with Gasteiger partial charge in [0.1, 0.15) is 10.6 Å². The maximum atomic E-state index is 12.6. The third kappa shape index (κ3) is 4.54. The molecule has 1 saturated heterocycles. The van der Waals surface area contributed by atoms with Crippen molar-refractivity contribution in [2.24, 2.45) is 7.05 Å². The molecule has 0 atom stereocenters. The summed E-state index contributed by atoms with van der Waals surface area (Å²) in [5.74, 6) is -0.938. The summed E-state index contributed by atoms with van der Waals surface area (Å²) in [7, 11) is -2.02. The van der Waals surface area contributed by atoms with Gasteiger partial charge in [-0.15, -0.1) is 0 Å². The lowest BCUT2D eigenvalue weighted by Crippen LogP contribution is -2.33. The minimum absolute atomic E-state index is 0.0765. The SMILES string of the molecule is Cn1cc(S(=O)(=O)N2CCCC2)cc1C(=O)NCC(=O)Nc1ccc(Cl)cc1. The fourth-order valence-corrected chi connectivity index (χ4v) is 4.68. The number of carbonyl (C=O) groups is 2. The van der Waals surface area contributed by atoms with Gasteiger partial charge in [-0.3, -0.25) is 9.59 Å². The van der Waals surface area contributed by atoms with Crippen molar-refractivity contribution in [1.82, 2.24) is 14.2 Å². The van der Waals surface area contributed by atoms with Crippen LogP contribution in [0.5, 0.6) is 0 Å². The van der Waals surface area contributed by atoms with Gasteiger partial charge in [0.25, 0.3) is 5.91 Å². The van der Waals surface area contributed by atoms with Crippen LogP contribution < -0.4 is 10.6 Å². The number of hydrogen-bond donors (Lipinski definition) is 2. The Morgan fingerprint density at radius 1 is 1.14 bits per heavy atom. The number of benzene rings is 1. The van der Waals surface area contributed by atoms with Crippen LogP contribution in [0.2, 0.25) is 5.02 Å². The highest BCUT2D eigenvalue weighted by Crippen LogP contribution is 2.22. The van der Waals surface area contributed by atoms with Crippen LogP contribution in [-0.4, -0.2) is 48.7 Å². The third-order valence-electron chi connectivity index (χ3n) is 4.45. The maximum absolute atomic E-state index is 12.6. The van der Waals surface area contributed by atoms with E-state index in [0.717, 1.165) is 12.8 Å². The second-order valence-corrected chi connectivity index (χ2v) is 8.90. The summed E-state index contributed by atoms with van der Waals surface area (Å²) in [5, 5.41) is 5.69. The molecule has 1 aliphatic rings. The van der Waals surface area contributed by atoms with E-state index < -0.39 is 21.8 Å². The number of nitrogens with zero attached hydrogens (tertiary/aromatic N) is 2. The molecule has 2 amide bonds. The van der Waals surface area contributed by atoms with Gasteiger partial charge < -0.3 is 15.2 Å². The van der Waals surface area contributed by atoms with Gasteiger partial charge in [-0.1, -0.05) is 11.6 Å². The summed E-state index contributed by atoms with van der Waals surface area (Å²) < 4.78 is 28.1. The van der Waals surface area contributed by atoms with Gasteiger partial charge in [-0.2, -0.15) is 4.31 Å². The smallest absolute Gasteiger partial charge is 0.268 e. The zero-order valence-electron chi connectivity index (χ0n) is 15.3. The first-order chi connectivity index (χ1) is 13.3. The number of amides is 2. The Labute approximate surface area is 168 Å². The van der Waals surface area contributed by atoms with Crippen LogP contribution in [0.25, 0.3) is 0 Å². The molecular weight excluding hydrogens is 404 g/mol. The monoisotopic (exact) mass is 424 g/mol. The van der Waals surface area contributed by atoms with E-state index in [4.69, 9.17) is 11.6 Å². The standard InChI is InChI=1S/C18H21ClN4O4S/c1-22-12-15(28(26,27)23-8-2-3-9-23)10-16(22)18(25)20-11-17(24)21-14-6-4-13(19)5-7-14/h4-7,10,12H,2-3,8-9,11H2,1H3,(H,20,25)(H,21,24). The van der Waals surface area contributed by atoms with Crippen molar-refractivity contribution in [1.29, 1.82) is 0 Å². The summed E-state index contributed by atoms with van der Waals surface area (Å²) in [6.07, 6.45) is 3.08. The number of anilines is 1. The first-order valence-electron chi connectivity index (χ1n) is 8.77. The Morgan fingerprint density at radius 2 is 1.79 bits per heavy atom. The number of sulfonamides is 1. The van der Waals surface area contributed by atoms with E-state index in [2.05, 4.69) is 10.6 Å². The van der Waals surface area contributed by atoms with Crippen LogP contribution in [0.15, 0.2) is 41.4 Å². The fraction of sp³-hybridized carbons (Fsp3) is 0.333. The van der Waals surface area contributed by atoms with Gasteiger partial charge in [0.05, 0.1) is 6.54 Å². The zero-order valence-corrected chi connectivity index (χ0v) is 16.9. The predicted molar refractivity (Wildman–Crippen MR) is 106 cm³/mol. The normalized spacial score (nSPS) is 14.8. The van der Waals surface area contributed by atoms with Crippen molar-refractivity contribution in [3.8, 4) is 0 Å². The van der Waals surface area contributed by atoms with E-state index >= 15 is 0 Å². The molecule has 2 N–H and O–H groups in total. The summed E-state index contributed by atoms with van der Waals surface area (Å²) in [6, 6.07) is 7.91. The van der Waals surface area contributed by atoms with Crippen LogP contribution in [0.1, 0.15) is 23.3 Å². The molecule has 2 aromatic rings. The number of aromatic nitrogens is 1. The predicted octanol–water partition coefficient (Wildman–Crippen LogP) is 1.83. The molecule has 1 aliphatic heterocycles. The Kier molecular flexibility index (Phi) is 6.07. The average molecular weight is 425 g/mol. The number of nitrogens with one attached hydrogen (secondary N) is 2. The molecule has 1 aromatic carbocycles. The van der Waals surface area contributed by atoms with Crippen molar-refractivity contribution in [3.63, 3.8) is 0 Å². The second kappa shape index (κ2) is 8.34. The number of halogens is 1. The molecule has 2 heterocycles. The summed E-state index contributed by atoms with van der Waals surface area (Å²) in [5.41, 5.74) is 0.721. The zero-order chi connectivity index (χ0) is 20.3.